The molecule has 0 atom stereocenters. The Labute approximate surface area is 270 Å². The molecule has 46 heavy (non-hydrogen) atoms. The van der Waals surface area contributed by atoms with Crippen LogP contribution >= 0.6 is 0 Å². The summed E-state index contributed by atoms with van der Waals surface area (Å²) in [5.74, 6) is 0. The summed E-state index contributed by atoms with van der Waals surface area (Å²) in [5, 5.41) is 17.5. The lowest BCUT2D eigenvalue weighted by Crippen LogP contribution is -2.74. The zero-order valence-corrected chi connectivity index (χ0v) is 26.2. The molecule has 0 amide bonds. The number of nitrogens with zero attached hydrogens (tertiary/aromatic N) is 2. The van der Waals surface area contributed by atoms with E-state index in [2.05, 4.69) is 180 Å². The predicted octanol–water partition coefficient (Wildman–Crippen LogP) is 7.70. The molecule has 0 fully saturated rings. The zero-order chi connectivity index (χ0) is 30.9. The lowest BCUT2D eigenvalue weighted by atomic mass is 10.0. The van der Waals surface area contributed by atoms with Gasteiger partial charge in [-0.25, -0.2) is 0 Å². The minimum absolute atomic E-state index is 0.675. The molecule has 1 heterocycles. The van der Waals surface area contributed by atoms with E-state index in [9.17, 15) is 5.26 Å². The van der Waals surface area contributed by atoms with Gasteiger partial charge in [-0.2, -0.15) is 5.26 Å². The average Bonchev–Trinajstić information content (AvgIpc) is 3.47. The molecule has 0 aliphatic carbocycles. The zero-order valence-electron chi connectivity index (χ0n) is 25.2. The maximum Gasteiger partial charge on any atom is 0.179 e. The number of nitriles is 1. The highest BCUT2D eigenvalue weighted by atomic mass is 28.3. The summed E-state index contributed by atoms with van der Waals surface area (Å²) in [4.78, 5) is 0. The largest absolute Gasteiger partial charge is 0.309 e. The number of fused-ring (bicyclic) bond motifs is 3. The van der Waals surface area contributed by atoms with E-state index in [4.69, 9.17) is 0 Å². The monoisotopic (exact) mass is 602 g/mol. The summed E-state index contributed by atoms with van der Waals surface area (Å²) in [6, 6.07) is 67.6. The van der Waals surface area contributed by atoms with Crippen LogP contribution in [0.5, 0.6) is 0 Å². The van der Waals surface area contributed by atoms with E-state index in [1.54, 1.807) is 0 Å². The molecule has 216 valence electrons. The molecule has 7 aromatic carbocycles. The highest BCUT2D eigenvalue weighted by molar-refractivity contribution is 7.19. The third kappa shape index (κ3) is 4.39. The van der Waals surface area contributed by atoms with Gasteiger partial charge in [-0.1, -0.05) is 152 Å². The summed E-state index contributed by atoms with van der Waals surface area (Å²) in [7, 11) is -2.84. The maximum atomic E-state index is 9.97. The summed E-state index contributed by atoms with van der Waals surface area (Å²) in [6.45, 7) is 0. The minimum atomic E-state index is -2.84. The van der Waals surface area contributed by atoms with Gasteiger partial charge >= 0.3 is 0 Å². The second kappa shape index (κ2) is 11.5. The van der Waals surface area contributed by atoms with Crippen molar-refractivity contribution < 1.29 is 0 Å². The molecule has 2 nitrogen and oxygen atoms in total. The smallest absolute Gasteiger partial charge is 0.179 e. The molecule has 0 saturated carbocycles. The van der Waals surface area contributed by atoms with Crippen molar-refractivity contribution in [3.63, 3.8) is 0 Å². The first kappa shape index (κ1) is 27.6. The fraction of sp³-hybridized carbons (Fsp3) is 0. The van der Waals surface area contributed by atoms with Gasteiger partial charge in [0.15, 0.2) is 8.07 Å². The Morgan fingerprint density at radius 3 is 1.57 bits per heavy atom. The molecular weight excluding hydrogens is 573 g/mol. The second-order valence-corrected chi connectivity index (χ2v) is 15.5. The van der Waals surface area contributed by atoms with Crippen molar-refractivity contribution in [1.82, 2.24) is 4.57 Å². The van der Waals surface area contributed by atoms with Crippen LogP contribution in [0.3, 0.4) is 0 Å². The summed E-state index contributed by atoms with van der Waals surface area (Å²) < 4.78 is 2.40. The molecule has 0 bridgehead atoms. The number of rotatable bonds is 6. The van der Waals surface area contributed by atoms with E-state index in [0.717, 1.165) is 11.3 Å². The van der Waals surface area contributed by atoms with Crippen LogP contribution in [-0.4, -0.2) is 12.6 Å². The van der Waals surface area contributed by atoms with Crippen LogP contribution in [0.15, 0.2) is 182 Å². The molecule has 1 aromatic heterocycles. The van der Waals surface area contributed by atoms with Crippen molar-refractivity contribution in [3.8, 4) is 22.9 Å². The number of hydrogen-bond acceptors (Lipinski definition) is 1. The van der Waals surface area contributed by atoms with Crippen LogP contribution in [0.2, 0.25) is 0 Å². The summed E-state index contributed by atoms with van der Waals surface area (Å²) in [5.41, 5.74) is 6.54. The van der Waals surface area contributed by atoms with Crippen LogP contribution in [0.4, 0.5) is 0 Å². The van der Waals surface area contributed by atoms with Crippen LogP contribution in [0.1, 0.15) is 5.56 Å². The molecule has 0 aliphatic rings. The van der Waals surface area contributed by atoms with Gasteiger partial charge < -0.3 is 4.57 Å². The van der Waals surface area contributed by atoms with Crippen molar-refractivity contribution in [2.45, 2.75) is 0 Å². The van der Waals surface area contributed by atoms with Crippen LogP contribution in [-0.2, 0) is 0 Å². The van der Waals surface area contributed by atoms with Gasteiger partial charge in [0.05, 0.1) is 28.4 Å². The number of aromatic nitrogens is 1. The highest BCUT2D eigenvalue weighted by Gasteiger charge is 2.41. The van der Waals surface area contributed by atoms with Crippen molar-refractivity contribution in [2.24, 2.45) is 0 Å². The third-order valence-electron chi connectivity index (χ3n) is 9.17. The lowest BCUT2D eigenvalue weighted by molar-refractivity contribution is 1.18. The normalized spacial score (nSPS) is 11.5. The van der Waals surface area contributed by atoms with Crippen molar-refractivity contribution in [2.75, 3.05) is 0 Å². The van der Waals surface area contributed by atoms with Gasteiger partial charge in [-0.05, 0) is 56.6 Å². The van der Waals surface area contributed by atoms with Gasteiger partial charge in [0.1, 0.15) is 0 Å². The quantitative estimate of drug-likeness (QED) is 0.142. The second-order valence-electron chi connectivity index (χ2n) is 11.6. The molecule has 0 spiro atoms. The fourth-order valence-corrected chi connectivity index (χ4v) is 12.0. The first-order valence-electron chi connectivity index (χ1n) is 15.6. The van der Waals surface area contributed by atoms with E-state index in [0.29, 0.717) is 5.56 Å². The molecule has 8 aromatic rings. The Morgan fingerprint density at radius 1 is 0.435 bits per heavy atom. The van der Waals surface area contributed by atoms with Gasteiger partial charge in [-0.15, -0.1) is 0 Å². The highest BCUT2D eigenvalue weighted by Crippen LogP contribution is 2.35. The first-order valence-corrected chi connectivity index (χ1v) is 17.6. The number of para-hydroxylation sites is 3. The Bertz CT molecular complexity index is 2290. The van der Waals surface area contributed by atoms with Gasteiger partial charge in [-0.3, -0.25) is 0 Å². The average molecular weight is 603 g/mol. The Morgan fingerprint density at radius 2 is 0.935 bits per heavy atom. The Kier molecular flexibility index (Phi) is 6.91. The van der Waals surface area contributed by atoms with E-state index in [-0.39, 0.29) is 0 Å². The number of benzene rings is 7. The topological polar surface area (TPSA) is 28.7 Å². The molecular formula is C43H30N2Si. The summed E-state index contributed by atoms with van der Waals surface area (Å²) in [6.07, 6.45) is 0. The van der Waals surface area contributed by atoms with Gasteiger partial charge in [0.2, 0.25) is 0 Å². The van der Waals surface area contributed by atoms with E-state index in [1.165, 1.54) is 48.1 Å². The maximum absolute atomic E-state index is 9.97. The van der Waals surface area contributed by atoms with Crippen molar-refractivity contribution >= 4 is 50.6 Å². The minimum Gasteiger partial charge on any atom is -0.309 e. The Balaban J connectivity index is 1.42. The number of hydrogen-bond donors (Lipinski definition) is 0. The molecule has 0 unspecified atom stereocenters. The van der Waals surface area contributed by atoms with Crippen LogP contribution in [0, 0.1) is 11.3 Å². The van der Waals surface area contributed by atoms with E-state index < -0.39 is 8.07 Å². The Hall–Kier alpha value is -5.95. The molecule has 0 radical (unpaired) electrons. The van der Waals surface area contributed by atoms with Gasteiger partial charge in [0.25, 0.3) is 0 Å². The van der Waals surface area contributed by atoms with E-state index >= 15 is 0 Å². The molecule has 0 N–H and O–H groups in total. The molecule has 0 saturated heterocycles. The first-order chi connectivity index (χ1) is 22.8. The fourth-order valence-electron chi connectivity index (χ4n) is 7.21. The molecule has 3 heteroatoms. The van der Waals surface area contributed by atoms with Gasteiger partial charge in [0, 0.05) is 16.3 Å². The molecule has 0 aliphatic heterocycles. The van der Waals surface area contributed by atoms with Crippen LogP contribution in [0.25, 0.3) is 38.6 Å². The lowest BCUT2D eigenvalue weighted by Gasteiger charge is -2.35. The SMILES string of the molecule is N#Cc1cccc([Si](c2ccccc2)(c2ccccc2)c2cccc(-c3ccccc3-n3c4ccccc4c4ccccc43)c2)c1. The molecule has 8 rings (SSSR count). The van der Waals surface area contributed by atoms with Crippen molar-refractivity contribution in [3.05, 3.63) is 188 Å². The predicted molar refractivity (Wildman–Crippen MR) is 195 cm³/mol. The standard InChI is InChI=1S/C43H30N2Si/c44-31-32-15-13-21-36(29-32)46(34-17-3-1-4-18-34,35-19-5-2-6-20-35)37-22-14-16-33(30-37)38-23-7-10-26-41(38)45-42-27-11-8-24-39(42)40-25-9-12-28-43(40)45/h1-30H. The van der Waals surface area contributed by atoms with Crippen LogP contribution < -0.4 is 20.7 Å². The van der Waals surface area contributed by atoms with Crippen molar-refractivity contribution in [1.29, 1.82) is 5.26 Å². The third-order valence-corrected chi connectivity index (χ3v) is 13.9. The van der Waals surface area contributed by atoms with E-state index in [1.807, 2.05) is 12.1 Å². The summed E-state index contributed by atoms with van der Waals surface area (Å²) >= 11 is 0.